The van der Waals surface area contributed by atoms with Crippen LogP contribution >= 0.6 is 11.6 Å². The molecule has 2 N–H and O–H groups in total. The molecule has 1 aliphatic carbocycles. The smallest absolute Gasteiger partial charge is 0.137 e. The molecule has 1 unspecified atom stereocenters. The van der Waals surface area contributed by atoms with E-state index in [2.05, 4.69) is 10.1 Å². The van der Waals surface area contributed by atoms with Crippen molar-refractivity contribution in [3.05, 3.63) is 47.5 Å². The Morgan fingerprint density at radius 3 is 2.50 bits per heavy atom. The molecule has 1 aliphatic rings. The quantitative estimate of drug-likeness (QED) is 0.878. The van der Waals surface area contributed by atoms with Gasteiger partial charge in [0.25, 0.3) is 0 Å². The number of rotatable bonds is 5. The van der Waals surface area contributed by atoms with E-state index in [1.807, 2.05) is 0 Å². The Hall–Kier alpha value is -1.43. The number of hydrogen-bond acceptors (Lipinski definition) is 4. The number of hydrogen-bond donors (Lipinski definition) is 2. The largest absolute Gasteiger partial charge is 0.396 e. The lowest BCUT2D eigenvalue weighted by atomic mass is 9.78. The minimum atomic E-state index is -1.18. The highest BCUT2D eigenvalue weighted by Gasteiger charge is 2.59. The number of aliphatic hydroxyl groups is 2. The zero-order valence-electron chi connectivity index (χ0n) is 10.9. The Labute approximate surface area is 121 Å². The van der Waals surface area contributed by atoms with E-state index >= 15 is 0 Å². The van der Waals surface area contributed by atoms with Crippen LogP contribution in [0.5, 0.6) is 0 Å². The van der Waals surface area contributed by atoms with Gasteiger partial charge in [0.2, 0.25) is 0 Å². The topological polar surface area (TPSA) is 71.2 Å². The van der Waals surface area contributed by atoms with Gasteiger partial charge in [-0.25, -0.2) is 9.67 Å². The van der Waals surface area contributed by atoms with Crippen molar-refractivity contribution in [3.8, 4) is 0 Å². The monoisotopic (exact) mass is 293 g/mol. The van der Waals surface area contributed by atoms with Crippen molar-refractivity contribution in [2.75, 3.05) is 6.61 Å². The summed E-state index contributed by atoms with van der Waals surface area (Å²) in [7, 11) is 0. The Bertz CT molecular complexity index is 581. The van der Waals surface area contributed by atoms with E-state index in [1.54, 1.807) is 35.3 Å². The van der Waals surface area contributed by atoms with E-state index in [1.165, 1.54) is 6.33 Å². The summed E-state index contributed by atoms with van der Waals surface area (Å²) in [4.78, 5) is 3.90. The number of aliphatic hydroxyl groups excluding tert-OH is 1. The zero-order valence-corrected chi connectivity index (χ0v) is 11.7. The van der Waals surface area contributed by atoms with Crippen LogP contribution in [0.4, 0.5) is 0 Å². The van der Waals surface area contributed by atoms with Gasteiger partial charge in [0, 0.05) is 10.4 Å². The van der Waals surface area contributed by atoms with E-state index in [-0.39, 0.29) is 13.2 Å². The van der Waals surface area contributed by atoms with Gasteiger partial charge in [0.05, 0.1) is 13.2 Å². The fourth-order valence-corrected chi connectivity index (χ4v) is 2.82. The van der Waals surface area contributed by atoms with Crippen LogP contribution in [-0.2, 0) is 12.1 Å². The molecule has 6 heteroatoms. The summed E-state index contributed by atoms with van der Waals surface area (Å²) in [6.45, 7) is 0.204. The van der Waals surface area contributed by atoms with Crippen molar-refractivity contribution >= 4 is 11.6 Å². The summed E-state index contributed by atoms with van der Waals surface area (Å²) in [5.41, 5.74) is -0.948. The first-order chi connectivity index (χ1) is 9.60. The zero-order chi connectivity index (χ0) is 14.2. The van der Waals surface area contributed by atoms with Crippen molar-refractivity contribution in [2.45, 2.75) is 25.0 Å². The van der Waals surface area contributed by atoms with Crippen LogP contribution in [0.1, 0.15) is 18.4 Å². The summed E-state index contributed by atoms with van der Waals surface area (Å²) in [5.74, 6) is 0. The molecule has 1 atom stereocenters. The Morgan fingerprint density at radius 1 is 1.30 bits per heavy atom. The second-order valence-corrected chi connectivity index (χ2v) is 5.84. The summed E-state index contributed by atoms with van der Waals surface area (Å²) in [5, 5.41) is 25.6. The van der Waals surface area contributed by atoms with E-state index in [0.29, 0.717) is 5.02 Å². The lowest BCUT2D eigenvalue weighted by Crippen LogP contribution is -2.43. The van der Waals surface area contributed by atoms with Crippen LogP contribution in [0, 0.1) is 5.41 Å². The number of halogens is 1. The van der Waals surface area contributed by atoms with Crippen LogP contribution in [0.25, 0.3) is 0 Å². The van der Waals surface area contributed by atoms with Gasteiger partial charge in [0.1, 0.15) is 18.3 Å². The summed E-state index contributed by atoms with van der Waals surface area (Å²) < 4.78 is 1.59. The van der Waals surface area contributed by atoms with Crippen molar-refractivity contribution < 1.29 is 10.2 Å². The van der Waals surface area contributed by atoms with Crippen LogP contribution in [-0.4, -0.2) is 31.6 Å². The van der Waals surface area contributed by atoms with Gasteiger partial charge >= 0.3 is 0 Å². The van der Waals surface area contributed by atoms with Crippen LogP contribution in [0.15, 0.2) is 36.9 Å². The van der Waals surface area contributed by atoms with Gasteiger partial charge in [-0.15, -0.1) is 0 Å². The highest BCUT2D eigenvalue weighted by atomic mass is 35.5. The second kappa shape index (κ2) is 4.84. The summed E-state index contributed by atoms with van der Waals surface area (Å²) >= 11 is 5.91. The molecule has 3 rings (SSSR count). The molecule has 106 valence electrons. The van der Waals surface area contributed by atoms with Crippen molar-refractivity contribution in [1.29, 1.82) is 0 Å². The molecule has 1 aromatic carbocycles. The third kappa shape index (κ3) is 2.12. The molecule has 0 saturated heterocycles. The average molecular weight is 294 g/mol. The van der Waals surface area contributed by atoms with Gasteiger partial charge in [-0.2, -0.15) is 5.10 Å². The van der Waals surface area contributed by atoms with E-state index in [9.17, 15) is 10.2 Å². The molecule has 0 spiro atoms. The molecule has 1 heterocycles. The van der Waals surface area contributed by atoms with Crippen molar-refractivity contribution in [2.24, 2.45) is 5.41 Å². The molecule has 0 aliphatic heterocycles. The second-order valence-electron chi connectivity index (χ2n) is 5.40. The fraction of sp³-hybridized carbons (Fsp3) is 0.429. The van der Waals surface area contributed by atoms with E-state index < -0.39 is 11.0 Å². The predicted octanol–water partition coefficient (Wildman–Crippen LogP) is 1.59. The molecule has 1 saturated carbocycles. The lowest BCUT2D eigenvalue weighted by Gasteiger charge is -2.36. The van der Waals surface area contributed by atoms with Crippen molar-refractivity contribution in [1.82, 2.24) is 14.8 Å². The minimum absolute atomic E-state index is 0.0547. The summed E-state index contributed by atoms with van der Waals surface area (Å²) in [6.07, 6.45) is 4.57. The predicted molar refractivity (Wildman–Crippen MR) is 74.1 cm³/mol. The normalized spacial score (nSPS) is 19.6. The molecular formula is C14H16ClN3O2. The minimum Gasteiger partial charge on any atom is -0.396 e. The number of benzene rings is 1. The fourth-order valence-electron chi connectivity index (χ4n) is 2.69. The first-order valence-corrected chi connectivity index (χ1v) is 6.89. The summed E-state index contributed by atoms with van der Waals surface area (Å²) in [6, 6.07) is 7.09. The standard InChI is InChI=1S/C14H16ClN3O2/c15-12-3-1-11(2-4-12)14(20,13(8-19)5-6-13)7-18-10-16-9-17-18/h1-4,9-10,19-20H,5-8H2. The maximum absolute atomic E-state index is 11.2. The maximum atomic E-state index is 11.2. The number of nitrogens with zero attached hydrogens (tertiary/aromatic N) is 3. The van der Waals surface area contributed by atoms with E-state index in [4.69, 9.17) is 11.6 Å². The third-order valence-corrected chi connectivity index (χ3v) is 4.46. The highest BCUT2D eigenvalue weighted by molar-refractivity contribution is 6.30. The van der Waals surface area contributed by atoms with Gasteiger partial charge in [0.15, 0.2) is 0 Å². The molecule has 1 aromatic heterocycles. The SMILES string of the molecule is OCC1(C(O)(Cn2cncn2)c2ccc(Cl)cc2)CC1. The first kappa shape index (κ1) is 13.5. The van der Waals surface area contributed by atoms with Crippen LogP contribution in [0.2, 0.25) is 5.02 Å². The number of aromatic nitrogens is 3. The third-order valence-electron chi connectivity index (χ3n) is 4.21. The van der Waals surface area contributed by atoms with Crippen molar-refractivity contribution in [3.63, 3.8) is 0 Å². The van der Waals surface area contributed by atoms with Gasteiger partial charge in [-0.1, -0.05) is 23.7 Å². The molecule has 0 bridgehead atoms. The molecule has 20 heavy (non-hydrogen) atoms. The Morgan fingerprint density at radius 2 is 2.00 bits per heavy atom. The van der Waals surface area contributed by atoms with Crippen LogP contribution in [0.3, 0.4) is 0 Å². The molecule has 0 radical (unpaired) electrons. The highest BCUT2D eigenvalue weighted by Crippen LogP contribution is 2.58. The van der Waals surface area contributed by atoms with Gasteiger partial charge < -0.3 is 10.2 Å². The lowest BCUT2D eigenvalue weighted by molar-refractivity contribution is -0.0767. The molecule has 0 amide bonds. The Kier molecular flexibility index (Phi) is 3.28. The van der Waals surface area contributed by atoms with Gasteiger partial charge in [-0.3, -0.25) is 0 Å². The molecule has 2 aromatic rings. The van der Waals surface area contributed by atoms with Gasteiger partial charge in [-0.05, 0) is 30.5 Å². The maximum Gasteiger partial charge on any atom is 0.137 e. The first-order valence-electron chi connectivity index (χ1n) is 6.51. The average Bonchev–Trinajstić information content (AvgIpc) is 3.11. The molecule has 5 nitrogen and oxygen atoms in total. The molecule has 1 fully saturated rings. The van der Waals surface area contributed by atoms with Crippen LogP contribution < -0.4 is 0 Å². The van der Waals surface area contributed by atoms with E-state index in [0.717, 1.165) is 18.4 Å². The molecular weight excluding hydrogens is 278 g/mol. The Balaban J connectivity index is 2.01.